The van der Waals surface area contributed by atoms with Crippen molar-refractivity contribution in [1.29, 1.82) is 0 Å². The molecule has 0 N–H and O–H groups in total. The van der Waals surface area contributed by atoms with E-state index in [0.29, 0.717) is 6.10 Å². The fourth-order valence-electron chi connectivity index (χ4n) is 2.09. The van der Waals surface area contributed by atoms with Crippen LogP contribution in [0.25, 0.3) is 0 Å². The van der Waals surface area contributed by atoms with Gasteiger partial charge in [-0.05, 0) is 43.3 Å². The summed E-state index contributed by atoms with van der Waals surface area (Å²) in [4.78, 5) is 0. The van der Waals surface area contributed by atoms with Crippen LogP contribution in [0.5, 0.6) is 0 Å². The lowest BCUT2D eigenvalue weighted by Crippen LogP contribution is -2.13. The molecule has 0 bridgehead atoms. The summed E-state index contributed by atoms with van der Waals surface area (Å²) in [5.41, 5.74) is 3.15. The Balaban J connectivity index is 2.13. The van der Waals surface area contributed by atoms with Gasteiger partial charge >= 0.3 is 0 Å². The van der Waals surface area contributed by atoms with Crippen LogP contribution in [0.2, 0.25) is 0 Å². The third kappa shape index (κ3) is 1.46. The van der Waals surface area contributed by atoms with Crippen LogP contribution in [0, 0.1) is 0 Å². The van der Waals surface area contributed by atoms with Crippen LogP contribution >= 0.6 is 0 Å². The summed E-state index contributed by atoms with van der Waals surface area (Å²) in [5.74, 6) is 0. The SMILES string of the molecule is COC1C=C2CCCCC2=CC1. The zero-order valence-electron chi connectivity index (χ0n) is 7.68. The van der Waals surface area contributed by atoms with Crippen LogP contribution in [0.15, 0.2) is 23.3 Å². The monoisotopic (exact) mass is 164 g/mol. The summed E-state index contributed by atoms with van der Waals surface area (Å²) in [6, 6.07) is 0. The van der Waals surface area contributed by atoms with Crippen molar-refractivity contribution in [3.8, 4) is 0 Å². The van der Waals surface area contributed by atoms with E-state index < -0.39 is 0 Å². The minimum atomic E-state index is 0.349. The molecule has 1 unspecified atom stereocenters. The molecule has 0 aromatic carbocycles. The van der Waals surface area contributed by atoms with Gasteiger partial charge < -0.3 is 4.74 Å². The summed E-state index contributed by atoms with van der Waals surface area (Å²) in [6.07, 6.45) is 11.4. The zero-order chi connectivity index (χ0) is 8.39. The number of ether oxygens (including phenoxy) is 1. The third-order valence-electron chi connectivity index (χ3n) is 2.84. The van der Waals surface area contributed by atoms with E-state index in [2.05, 4.69) is 12.2 Å². The van der Waals surface area contributed by atoms with E-state index in [9.17, 15) is 0 Å². The Kier molecular flexibility index (Phi) is 2.31. The van der Waals surface area contributed by atoms with E-state index >= 15 is 0 Å². The highest BCUT2D eigenvalue weighted by Crippen LogP contribution is 2.32. The van der Waals surface area contributed by atoms with Crippen molar-refractivity contribution in [3.05, 3.63) is 23.3 Å². The fraction of sp³-hybridized carbons (Fsp3) is 0.636. The minimum absolute atomic E-state index is 0.349. The van der Waals surface area contributed by atoms with Crippen LogP contribution in [0.3, 0.4) is 0 Å². The molecule has 1 heteroatoms. The first-order valence-electron chi connectivity index (χ1n) is 4.83. The van der Waals surface area contributed by atoms with Gasteiger partial charge in [0, 0.05) is 7.11 Å². The van der Waals surface area contributed by atoms with E-state index in [-0.39, 0.29) is 0 Å². The maximum absolute atomic E-state index is 5.32. The first-order chi connectivity index (χ1) is 5.90. The number of rotatable bonds is 1. The molecule has 1 saturated carbocycles. The summed E-state index contributed by atoms with van der Waals surface area (Å²) in [6.45, 7) is 0. The first-order valence-corrected chi connectivity index (χ1v) is 4.83. The Morgan fingerprint density at radius 3 is 2.75 bits per heavy atom. The molecule has 1 nitrogen and oxygen atoms in total. The van der Waals surface area contributed by atoms with Crippen LogP contribution in [-0.4, -0.2) is 13.2 Å². The Morgan fingerprint density at radius 1 is 1.25 bits per heavy atom. The van der Waals surface area contributed by atoms with Crippen molar-refractivity contribution in [2.75, 3.05) is 7.11 Å². The van der Waals surface area contributed by atoms with E-state index in [1.54, 1.807) is 18.3 Å². The largest absolute Gasteiger partial charge is 0.377 e. The fourth-order valence-corrected chi connectivity index (χ4v) is 2.09. The molecule has 0 amide bonds. The second-order valence-corrected chi connectivity index (χ2v) is 3.64. The second kappa shape index (κ2) is 3.44. The van der Waals surface area contributed by atoms with Gasteiger partial charge in [-0.2, -0.15) is 0 Å². The van der Waals surface area contributed by atoms with E-state index in [1.807, 2.05) is 0 Å². The molecule has 2 rings (SSSR count). The van der Waals surface area contributed by atoms with E-state index in [4.69, 9.17) is 4.74 Å². The van der Waals surface area contributed by atoms with E-state index in [1.165, 1.54) is 25.7 Å². The van der Waals surface area contributed by atoms with Crippen molar-refractivity contribution in [3.63, 3.8) is 0 Å². The van der Waals surface area contributed by atoms with Gasteiger partial charge in [-0.3, -0.25) is 0 Å². The standard InChI is InChI=1S/C11H16O/c1-12-11-7-6-9-4-2-3-5-10(9)8-11/h6,8,11H,2-5,7H2,1H3. The van der Waals surface area contributed by atoms with Gasteiger partial charge in [0.15, 0.2) is 0 Å². The average Bonchev–Trinajstić information content (AvgIpc) is 2.17. The van der Waals surface area contributed by atoms with Gasteiger partial charge in [0.25, 0.3) is 0 Å². The summed E-state index contributed by atoms with van der Waals surface area (Å²) in [5, 5.41) is 0. The van der Waals surface area contributed by atoms with Crippen LogP contribution in [0.4, 0.5) is 0 Å². The molecule has 2 aliphatic rings. The Morgan fingerprint density at radius 2 is 2.00 bits per heavy atom. The first kappa shape index (κ1) is 8.06. The number of allylic oxidation sites excluding steroid dienone is 2. The maximum atomic E-state index is 5.32. The molecule has 0 aromatic heterocycles. The van der Waals surface area contributed by atoms with Gasteiger partial charge in [-0.25, -0.2) is 0 Å². The molecule has 0 spiro atoms. The predicted octanol–water partition coefficient (Wildman–Crippen LogP) is 2.83. The molecular formula is C11H16O. The predicted molar refractivity (Wildman–Crippen MR) is 50.0 cm³/mol. The molecule has 0 aliphatic heterocycles. The van der Waals surface area contributed by atoms with Crippen LogP contribution in [-0.2, 0) is 4.74 Å². The quantitative estimate of drug-likeness (QED) is 0.579. The summed E-state index contributed by atoms with van der Waals surface area (Å²) in [7, 11) is 1.80. The van der Waals surface area contributed by atoms with Gasteiger partial charge in [0.05, 0.1) is 6.10 Å². The summed E-state index contributed by atoms with van der Waals surface area (Å²) < 4.78 is 5.32. The third-order valence-corrected chi connectivity index (χ3v) is 2.84. The molecule has 1 fully saturated rings. The molecule has 1 atom stereocenters. The lowest BCUT2D eigenvalue weighted by Gasteiger charge is -2.24. The molecule has 2 aliphatic carbocycles. The number of fused-ring (bicyclic) bond motifs is 1. The van der Waals surface area contributed by atoms with Crippen LogP contribution < -0.4 is 0 Å². The topological polar surface area (TPSA) is 9.23 Å². The smallest absolute Gasteiger partial charge is 0.0792 e. The molecule has 0 aromatic rings. The Hall–Kier alpha value is -0.560. The molecule has 0 saturated heterocycles. The summed E-state index contributed by atoms with van der Waals surface area (Å²) >= 11 is 0. The van der Waals surface area contributed by atoms with Gasteiger partial charge in [-0.1, -0.05) is 12.2 Å². The zero-order valence-corrected chi connectivity index (χ0v) is 7.68. The normalized spacial score (nSPS) is 28.9. The Bertz CT molecular complexity index is 225. The van der Waals surface area contributed by atoms with E-state index in [0.717, 1.165) is 6.42 Å². The van der Waals surface area contributed by atoms with Crippen molar-refractivity contribution in [2.45, 2.75) is 38.2 Å². The highest BCUT2D eigenvalue weighted by Gasteiger charge is 2.17. The highest BCUT2D eigenvalue weighted by atomic mass is 16.5. The lowest BCUT2D eigenvalue weighted by molar-refractivity contribution is 0.141. The maximum Gasteiger partial charge on any atom is 0.0792 e. The number of hydrogen-bond donors (Lipinski definition) is 0. The Labute approximate surface area is 74.1 Å². The molecule has 0 radical (unpaired) electrons. The van der Waals surface area contributed by atoms with Crippen molar-refractivity contribution < 1.29 is 4.74 Å². The van der Waals surface area contributed by atoms with Gasteiger partial charge in [0.1, 0.15) is 0 Å². The molecule has 0 heterocycles. The van der Waals surface area contributed by atoms with Crippen molar-refractivity contribution in [1.82, 2.24) is 0 Å². The average molecular weight is 164 g/mol. The van der Waals surface area contributed by atoms with Gasteiger partial charge in [-0.15, -0.1) is 0 Å². The molecule has 66 valence electrons. The number of methoxy groups -OCH3 is 1. The molecule has 12 heavy (non-hydrogen) atoms. The van der Waals surface area contributed by atoms with Crippen molar-refractivity contribution in [2.24, 2.45) is 0 Å². The number of hydrogen-bond acceptors (Lipinski definition) is 1. The van der Waals surface area contributed by atoms with Gasteiger partial charge in [0.2, 0.25) is 0 Å². The minimum Gasteiger partial charge on any atom is -0.377 e. The van der Waals surface area contributed by atoms with Crippen LogP contribution in [0.1, 0.15) is 32.1 Å². The van der Waals surface area contributed by atoms with Crippen molar-refractivity contribution >= 4 is 0 Å². The highest BCUT2D eigenvalue weighted by molar-refractivity contribution is 5.36. The second-order valence-electron chi connectivity index (χ2n) is 3.64. The lowest BCUT2D eigenvalue weighted by atomic mass is 9.85. The molecular weight excluding hydrogens is 148 g/mol.